The lowest BCUT2D eigenvalue weighted by molar-refractivity contribution is -0.144. The zero-order valence-electron chi connectivity index (χ0n) is 11.5. The topological polar surface area (TPSA) is 54.4 Å². The first-order valence-corrected chi connectivity index (χ1v) is 6.85. The fourth-order valence-electron chi connectivity index (χ4n) is 2.85. The fourth-order valence-corrected chi connectivity index (χ4v) is 2.85. The van der Waals surface area contributed by atoms with Crippen molar-refractivity contribution in [2.24, 2.45) is 11.8 Å². The summed E-state index contributed by atoms with van der Waals surface area (Å²) in [5.74, 6) is -1.70. The normalized spacial score (nSPS) is 23.1. The molecule has 1 aromatic rings. The minimum atomic E-state index is -0.832. The van der Waals surface area contributed by atoms with Gasteiger partial charge in [0, 0.05) is 11.5 Å². The molecular formula is C16H20O3. The molecule has 1 aliphatic carbocycles. The number of aryl methyl sites for hydroxylation is 2. The molecule has 3 nitrogen and oxygen atoms in total. The van der Waals surface area contributed by atoms with E-state index >= 15 is 0 Å². The summed E-state index contributed by atoms with van der Waals surface area (Å²) in [5, 5.41) is 9.25. The van der Waals surface area contributed by atoms with E-state index in [0.717, 1.165) is 24.0 Å². The van der Waals surface area contributed by atoms with E-state index in [1.54, 1.807) is 0 Å². The Bertz CT molecular complexity index is 505. The molecule has 1 N–H and O–H groups in total. The van der Waals surface area contributed by atoms with Gasteiger partial charge in [0.25, 0.3) is 0 Å². The second-order valence-corrected chi connectivity index (χ2v) is 5.50. The maximum Gasteiger partial charge on any atom is 0.307 e. The molecule has 0 saturated heterocycles. The fraction of sp³-hybridized carbons (Fsp3) is 0.500. The van der Waals surface area contributed by atoms with Crippen LogP contribution in [0.4, 0.5) is 0 Å². The van der Waals surface area contributed by atoms with Crippen LogP contribution < -0.4 is 0 Å². The molecule has 0 aliphatic heterocycles. The summed E-state index contributed by atoms with van der Waals surface area (Å²) >= 11 is 0. The number of hydrogen-bond donors (Lipinski definition) is 1. The van der Waals surface area contributed by atoms with Crippen LogP contribution in [0.2, 0.25) is 0 Å². The third kappa shape index (κ3) is 2.86. The van der Waals surface area contributed by atoms with Gasteiger partial charge < -0.3 is 5.11 Å². The summed E-state index contributed by atoms with van der Waals surface area (Å²) < 4.78 is 0. The Balaban J connectivity index is 2.26. The molecule has 102 valence electrons. The highest BCUT2D eigenvalue weighted by Gasteiger charge is 2.35. The first-order chi connectivity index (χ1) is 9.00. The standard InChI is InChI=1S/C16H20O3/c1-10-7-8-12(9-11(10)2)15(17)13-5-3-4-6-14(13)16(18)19/h7-9,13-14H,3-6H2,1-2H3,(H,18,19). The van der Waals surface area contributed by atoms with Crippen molar-refractivity contribution >= 4 is 11.8 Å². The number of hydrogen-bond acceptors (Lipinski definition) is 2. The van der Waals surface area contributed by atoms with Gasteiger partial charge in [0.15, 0.2) is 5.78 Å². The SMILES string of the molecule is Cc1ccc(C(=O)C2CCCCC2C(=O)O)cc1C. The largest absolute Gasteiger partial charge is 0.481 e. The molecule has 19 heavy (non-hydrogen) atoms. The zero-order chi connectivity index (χ0) is 14.0. The van der Waals surface area contributed by atoms with E-state index in [-0.39, 0.29) is 11.7 Å². The number of carbonyl (C=O) groups is 2. The summed E-state index contributed by atoms with van der Waals surface area (Å²) in [6, 6.07) is 5.63. The molecule has 0 spiro atoms. The molecule has 0 aromatic heterocycles. The van der Waals surface area contributed by atoms with Crippen molar-refractivity contribution in [2.75, 3.05) is 0 Å². The second kappa shape index (κ2) is 5.55. The highest BCUT2D eigenvalue weighted by Crippen LogP contribution is 2.33. The second-order valence-electron chi connectivity index (χ2n) is 5.50. The molecule has 0 amide bonds. The van der Waals surface area contributed by atoms with Crippen LogP contribution in [0.25, 0.3) is 0 Å². The number of rotatable bonds is 3. The number of carboxylic acid groups (broad SMARTS) is 1. The number of carbonyl (C=O) groups excluding carboxylic acids is 1. The Morgan fingerprint density at radius 3 is 2.26 bits per heavy atom. The molecule has 2 unspecified atom stereocenters. The van der Waals surface area contributed by atoms with Gasteiger partial charge in [-0.15, -0.1) is 0 Å². The summed E-state index contributed by atoms with van der Waals surface area (Å²) in [6.45, 7) is 3.98. The van der Waals surface area contributed by atoms with Gasteiger partial charge in [-0.2, -0.15) is 0 Å². The van der Waals surface area contributed by atoms with Gasteiger partial charge >= 0.3 is 5.97 Å². The summed E-state index contributed by atoms with van der Waals surface area (Å²) in [6.07, 6.45) is 3.18. The molecule has 1 saturated carbocycles. The third-order valence-corrected chi connectivity index (χ3v) is 4.21. The summed E-state index contributed by atoms with van der Waals surface area (Å²) in [7, 11) is 0. The molecule has 0 bridgehead atoms. The van der Waals surface area contributed by atoms with Gasteiger partial charge in [-0.05, 0) is 43.9 Å². The number of Topliss-reactive ketones (excluding diaryl/α,β-unsaturated/α-hetero) is 1. The minimum absolute atomic E-state index is 0.00444. The number of ketones is 1. The van der Waals surface area contributed by atoms with Crippen molar-refractivity contribution in [1.29, 1.82) is 0 Å². The lowest BCUT2D eigenvalue weighted by Gasteiger charge is -2.27. The molecule has 2 rings (SSSR count). The molecule has 1 fully saturated rings. The van der Waals surface area contributed by atoms with Crippen molar-refractivity contribution in [3.63, 3.8) is 0 Å². The average molecular weight is 260 g/mol. The van der Waals surface area contributed by atoms with Crippen LogP contribution in [-0.4, -0.2) is 16.9 Å². The van der Waals surface area contributed by atoms with E-state index < -0.39 is 11.9 Å². The van der Waals surface area contributed by atoms with Crippen molar-refractivity contribution in [3.05, 3.63) is 34.9 Å². The van der Waals surface area contributed by atoms with E-state index in [1.165, 1.54) is 0 Å². The molecular weight excluding hydrogens is 240 g/mol. The maximum atomic E-state index is 12.5. The van der Waals surface area contributed by atoms with Crippen LogP contribution in [0.5, 0.6) is 0 Å². The Morgan fingerprint density at radius 2 is 1.68 bits per heavy atom. The van der Waals surface area contributed by atoms with E-state index in [4.69, 9.17) is 0 Å². The molecule has 1 aromatic carbocycles. The van der Waals surface area contributed by atoms with Crippen LogP contribution in [0, 0.1) is 25.7 Å². The molecule has 2 atom stereocenters. The lowest BCUT2D eigenvalue weighted by atomic mass is 9.75. The van der Waals surface area contributed by atoms with Gasteiger partial charge in [-0.1, -0.05) is 25.0 Å². The maximum absolute atomic E-state index is 12.5. The van der Waals surface area contributed by atoms with Crippen molar-refractivity contribution < 1.29 is 14.7 Å². The van der Waals surface area contributed by atoms with Crippen molar-refractivity contribution in [1.82, 2.24) is 0 Å². The first-order valence-electron chi connectivity index (χ1n) is 6.85. The quantitative estimate of drug-likeness (QED) is 0.848. The number of carboxylic acids is 1. The number of benzene rings is 1. The highest BCUT2D eigenvalue weighted by atomic mass is 16.4. The minimum Gasteiger partial charge on any atom is -0.481 e. The third-order valence-electron chi connectivity index (χ3n) is 4.21. The van der Waals surface area contributed by atoms with E-state index in [0.29, 0.717) is 18.4 Å². The molecule has 0 heterocycles. The van der Waals surface area contributed by atoms with E-state index in [2.05, 4.69) is 0 Å². The predicted octanol–water partition coefficient (Wildman–Crippen LogP) is 3.38. The number of aliphatic carboxylic acids is 1. The average Bonchev–Trinajstić information content (AvgIpc) is 2.41. The monoisotopic (exact) mass is 260 g/mol. The Labute approximate surface area is 113 Å². The lowest BCUT2D eigenvalue weighted by Crippen LogP contribution is -2.32. The summed E-state index contributed by atoms with van der Waals surface area (Å²) in [5.41, 5.74) is 2.88. The Kier molecular flexibility index (Phi) is 4.03. The van der Waals surface area contributed by atoms with Gasteiger partial charge in [0.1, 0.15) is 0 Å². The molecule has 3 heteroatoms. The van der Waals surface area contributed by atoms with Crippen LogP contribution in [0.1, 0.15) is 47.2 Å². The summed E-state index contributed by atoms with van der Waals surface area (Å²) in [4.78, 5) is 23.8. The van der Waals surface area contributed by atoms with Gasteiger partial charge in [-0.3, -0.25) is 9.59 Å². The van der Waals surface area contributed by atoms with Gasteiger partial charge in [0.2, 0.25) is 0 Å². The Hall–Kier alpha value is -1.64. The molecule has 0 radical (unpaired) electrons. The highest BCUT2D eigenvalue weighted by molar-refractivity contribution is 6.00. The van der Waals surface area contributed by atoms with Crippen molar-refractivity contribution in [3.8, 4) is 0 Å². The predicted molar refractivity (Wildman–Crippen MR) is 73.3 cm³/mol. The van der Waals surface area contributed by atoms with Crippen LogP contribution >= 0.6 is 0 Å². The zero-order valence-corrected chi connectivity index (χ0v) is 11.5. The van der Waals surface area contributed by atoms with Crippen LogP contribution in [0.15, 0.2) is 18.2 Å². The van der Waals surface area contributed by atoms with Gasteiger partial charge in [-0.25, -0.2) is 0 Å². The van der Waals surface area contributed by atoms with Crippen LogP contribution in [0.3, 0.4) is 0 Å². The first kappa shape index (κ1) is 13.8. The van der Waals surface area contributed by atoms with Crippen molar-refractivity contribution in [2.45, 2.75) is 39.5 Å². The van der Waals surface area contributed by atoms with Crippen LogP contribution in [-0.2, 0) is 4.79 Å². The van der Waals surface area contributed by atoms with E-state index in [1.807, 2.05) is 32.0 Å². The van der Waals surface area contributed by atoms with E-state index in [9.17, 15) is 14.7 Å². The Morgan fingerprint density at radius 1 is 1.05 bits per heavy atom. The van der Waals surface area contributed by atoms with Gasteiger partial charge in [0.05, 0.1) is 5.92 Å². The molecule has 1 aliphatic rings. The smallest absolute Gasteiger partial charge is 0.307 e.